The van der Waals surface area contributed by atoms with Gasteiger partial charge in [0.25, 0.3) is 0 Å². The number of hydrogen-bond donors (Lipinski definition) is 2. The van der Waals surface area contributed by atoms with E-state index in [0.29, 0.717) is 17.2 Å². The highest BCUT2D eigenvalue weighted by atomic mass is 32.1. The number of thiazole rings is 1. The summed E-state index contributed by atoms with van der Waals surface area (Å²) in [4.78, 5) is 27.2. The van der Waals surface area contributed by atoms with Crippen molar-refractivity contribution < 1.29 is 14.7 Å². The summed E-state index contributed by atoms with van der Waals surface area (Å²) in [5.74, 6) is -0.913. The molecule has 0 radical (unpaired) electrons. The van der Waals surface area contributed by atoms with Crippen molar-refractivity contribution in [2.75, 3.05) is 0 Å². The maximum atomic E-state index is 11.9. The van der Waals surface area contributed by atoms with Gasteiger partial charge in [-0.15, -0.1) is 11.3 Å². The molecule has 102 valence electrons. The normalized spacial score (nSPS) is 18.3. The lowest BCUT2D eigenvalue weighted by Crippen LogP contribution is -2.30. The predicted molar refractivity (Wildman–Crippen MR) is 72.1 cm³/mol. The third kappa shape index (κ3) is 3.41. The van der Waals surface area contributed by atoms with Crippen molar-refractivity contribution in [2.24, 2.45) is 5.92 Å². The van der Waals surface area contributed by atoms with E-state index < -0.39 is 5.97 Å². The van der Waals surface area contributed by atoms with Crippen molar-refractivity contribution in [3.63, 3.8) is 0 Å². The molecule has 1 aliphatic rings. The third-order valence-corrected chi connectivity index (χ3v) is 4.23. The van der Waals surface area contributed by atoms with E-state index in [9.17, 15) is 9.59 Å². The van der Waals surface area contributed by atoms with E-state index >= 15 is 0 Å². The van der Waals surface area contributed by atoms with Crippen molar-refractivity contribution in [1.82, 2.24) is 10.3 Å². The molecule has 1 unspecified atom stereocenters. The molecule has 0 saturated heterocycles. The van der Waals surface area contributed by atoms with Crippen molar-refractivity contribution in [2.45, 2.75) is 32.7 Å². The van der Waals surface area contributed by atoms with E-state index in [0.717, 1.165) is 30.6 Å². The summed E-state index contributed by atoms with van der Waals surface area (Å²) in [5, 5.41) is 12.4. The Labute approximate surface area is 115 Å². The second-order valence-corrected chi connectivity index (χ2v) is 5.61. The smallest absolute Gasteiger partial charge is 0.347 e. The summed E-state index contributed by atoms with van der Waals surface area (Å²) in [6.45, 7) is 1.97. The van der Waals surface area contributed by atoms with Crippen LogP contribution in [0.1, 0.15) is 39.6 Å². The lowest BCUT2D eigenvalue weighted by atomic mass is 9.94. The molecule has 0 spiro atoms. The quantitative estimate of drug-likeness (QED) is 0.828. The number of carboxylic acid groups (broad SMARTS) is 1. The molecule has 2 rings (SSSR count). The lowest BCUT2D eigenvalue weighted by molar-refractivity contribution is -0.125. The van der Waals surface area contributed by atoms with E-state index in [2.05, 4.69) is 16.4 Å². The molecule has 0 aromatic carbocycles. The van der Waals surface area contributed by atoms with Crippen molar-refractivity contribution in [1.29, 1.82) is 0 Å². The highest BCUT2D eigenvalue weighted by molar-refractivity contribution is 7.13. The van der Waals surface area contributed by atoms with Gasteiger partial charge in [-0.2, -0.15) is 0 Å². The largest absolute Gasteiger partial charge is 0.477 e. The van der Waals surface area contributed by atoms with E-state index in [4.69, 9.17) is 5.11 Å². The minimum Gasteiger partial charge on any atom is -0.477 e. The van der Waals surface area contributed by atoms with Gasteiger partial charge in [0.05, 0.1) is 12.2 Å². The Hall–Kier alpha value is -1.69. The zero-order valence-electron chi connectivity index (χ0n) is 10.7. The first-order valence-electron chi connectivity index (χ1n) is 6.20. The maximum Gasteiger partial charge on any atom is 0.347 e. The molecule has 6 heteroatoms. The number of rotatable bonds is 4. The number of carbonyl (C=O) groups excluding carboxylic acids is 1. The SMILES string of the molecule is Cc1nc(CNC(=O)C2CC=CCC2)sc1C(=O)O. The van der Waals surface area contributed by atoms with Gasteiger partial charge in [0.2, 0.25) is 5.91 Å². The Morgan fingerprint density at radius 2 is 2.32 bits per heavy atom. The number of aromatic carboxylic acids is 1. The number of aryl methyl sites for hydroxylation is 1. The predicted octanol–water partition coefficient (Wildman–Crippen LogP) is 2.12. The molecule has 1 aliphatic carbocycles. The van der Waals surface area contributed by atoms with Crippen LogP contribution in [0.3, 0.4) is 0 Å². The maximum absolute atomic E-state index is 11.9. The molecule has 2 N–H and O–H groups in total. The standard InChI is InChI=1S/C13H16N2O3S/c1-8-11(13(17)18)19-10(15-8)7-14-12(16)9-5-3-2-4-6-9/h2-3,9H,4-7H2,1H3,(H,14,16)(H,17,18). The van der Waals surface area contributed by atoms with Crippen LogP contribution in [0.2, 0.25) is 0 Å². The van der Waals surface area contributed by atoms with Gasteiger partial charge in [-0.3, -0.25) is 4.79 Å². The molecular weight excluding hydrogens is 264 g/mol. The van der Waals surface area contributed by atoms with Gasteiger partial charge < -0.3 is 10.4 Å². The number of carbonyl (C=O) groups is 2. The van der Waals surface area contributed by atoms with Crippen molar-refractivity contribution in [3.8, 4) is 0 Å². The van der Waals surface area contributed by atoms with Crippen LogP contribution in [-0.2, 0) is 11.3 Å². The van der Waals surface area contributed by atoms with Gasteiger partial charge in [-0.1, -0.05) is 12.2 Å². The topological polar surface area (TPSA) is 79.3 Å². The Balaban J connectivity index is 1.91. The molecule has 1 aromatic rings. The minimum atomic E-state index is -0.968. The van der Waals surface area contributed by atoms with Crippen LogP contribution in [0.5, 0.6) is 0 Å². The molecule has 1 aromatic heterocycles. The van der Waals surface area contributed by atoms with Crippen LogP contribution >= 0.6 is 11.3 Å². The molecule has 5 nitrogen and oxygen atoms in total. The van der Waals surface area contributed by atoms with Crippen LogP contribution < -0.4 is 5.32 Å². The zero-order chi connectivity index (χ0) is 13.8. The van der Waals surface area contributed by atoms with E-state index in [1.54, 1.807) is 6.92 Å². The number of nitrogens with zero attached hydrogens (tertiary/aromatic N) is 1. The Kier molecular flexibility index (Phi) is 4.31. The number of allylic oxidation sites excluding steroid dienone is 2. The van der Waals surface area contributed by atoms with Crippen LogP contribution in [0, 0.1) is 12.8 Å². The van der Waals surface area contributed by atoms with Crippen molar-refractivity contribution in [3.05, 3.63) is 27.7 Å². The first kappa shape index (κ1) is 13.7. The van der Waals surface area contributed by atoms with E-state index in [-0.39, 0.29) is 16.7 Å². The van der Waals surface area contributed by atoms with E-state index in [1.807, 2.05) is 6.08 Å². The fourth-order valence-electron chi connectivity index (χ4n) is 2.07. The summed E-state index contributed by atoms with van der Waals surface area (Å²) in [5.41, 5.74) is 0.502. The molecule has 1 heterocycles. The average Bonchev–Trinajstić information content (AvgIpc) is 2.78. The fraction of sp³-hybridized carbons (Fsp3) is 0.462. The summed E-state index contributed by atoms with van der Waals surface area (Å²) in [6.07, 6.45) is 6.72. The number of amides is 1. The first-order chi connectivity index (χ1) is 9.08. The molecule has 1 amide bonds. The van der Waals surface area contributed by atoms with Gasteiger partial charge in [0, 0.05) is 5.92 Å². The molecule has 0 aliphatic heterocycles. The number of carboxylic acids is 1. The molecular formula is C13H16N2O3S. The van der Waals surface area contributed by atoms with Crippen LogP contribution in [0.25, 0.3) is 0 Å². The summed E-state index contributed by atoms with van der Waals surface area (Å²) >= 11 is 1.12. The first-order valence-corrected chi connectivity index (χ1v) is 7.02. The summed E-state index contributed by atoms with van der Waals surface area (Å²) in [7, 11) is 0. The van der Waals surface area contributed by atoms with Gasteiger partial charge in [0.1, 0.15) is 9.88 Å². The minimum absolute atomic E-state index is 0.0223. The second kappa shape index (κ2) is 5.97. The summed E-state index contributed by atoms with van der Waals surface area (Å²) in [6, 6.07) is 0. The third-order valence-electron chi connectivity index (χ3n) is 3.09. The number of nitrogens with one attached hydrogen (secondary N) is 1. The average molecular weight is 280 g/mol. The molecule has 0 bridgehead atoms. The lowest BCUT2D eigenvalue weighted by Gasteiger charge is -2.16. The van der Waals surface area contributed by atoms with Crippen LogP contribution in [0.4, 0.5) is 0 Å². The van der Waals surface area contributed by atoms with Crippen LogP contribution in [0.15, 0.2) is 12.2 Å². The Morgan fingerprint density at radius 1 is 1.53 bits per heavy atom. The van der Waals surface area contributed by atoms with Gasteiger partial charge in [-0.05, 0) is 26.2 Å². The fourth-order valence-corrected chi connectivity index (χ4v) is 2.91. The van der Waals surface area contributed by atoms with Gasteiger partial charge in [0.15, 0.2) is 0 Å². The van der Waals surface area contributed by atoms with Gasteiger partial charge >= 0.3 is 5.97 Å². The number of aromatic nitrogens is 1. The Bertz CT molecular complexity index is 522. The molecule has 1 atom stereocenters. The second-order valence-electron chi connectivity index (χ2n) is 4.53. The monoisotopic (exact) mass is 280 g/mol. The highest BCUT2D eigenvalue weighted by Gasteiger charge is 2.19. The Morgan fingerprint density at radius 3 is 2.89 bits per heavy atom. The highest BCUT2D eigenvalue weighted by Crippen LogP contribution is 2.20. The zero-order valence-corrected chi connectivity index (χ0v) is 11.5. The number of hydrogen-bond acceptors (Lipinski definition) is 4. The molecule has 0 saturated carbocycles. The molecule has 19 heavy (non-hydrogen) atoms. The van der Waals surface area contributed by atoms with Gasteiger partial charge in [-0.25, -0.2) is 9.78 Å². The van der Waals surface area contributed by atoms with Crippen molar-refractivity contribution >= 4 is 23.2 Å². The van der Waals surface area contributed by atoms with Crippen LogP contribution in [-0.4, -0.2) is 22.0 Å². The molecule has 0 fully saturated rings. The van der Waals surface area contributed by atoms with E-state index in [1.165, 1.54) is 0 Å². The summed E-state index contributed by atoms with van der Waals surface area (Å²) < 4.78 is 0.